The van der Waals surface area contributed by atoms with Crippen LogP contribution in [0.2, 0.25) is 0 Å². The number of amides is 1. The number of ether oxygens (including phenoxy) is 1. The maximum atomic E-state index is 14.0. The van der Waals surface area contributed by atoms with Crippen molar-refractivity contribution in [1.82, 2.24) is 4.90 Å². The number of aryl methyl sites for hydroxylation is 1. The summed E-state index contributed by atoms with van der Waals surface area (Å²) in [7, 11) is 4.74. The molecule has 0 heterocycles. The first-order valence-corrected chi connectivity index (χ1v) is 13.5. The molecule has 10 heteroatoms. The highest BCUT2D eigenvalue weighted by Gasteiger charge is 2.63. The van der Waals surface area contributed by atoms with Crippen LogP contribution in [0.3, 0.4) is 0 Å². The number of likely N-dealkylation sites (N-methyl/N-ethyl adjacent to an activating group) is 1. The summed E-state index contributed by atoms with van der Waals surface area (Å²) in [5, 5.41) is 45.4. The summed E-state index contributed by atoms with van der Waals surface area (Å²) in [5.74, 6) is -0.254. The number of primary amides is 1. The molecule has 0 bridgehead atoms. The Balaban J connectivity index is 1.66. The second kappa shape index (κ2) is 10.4. The number of hydrogen-bond donors (Lipinski definition) is 5. The van der Waals surface area contributed by atoms with E-state index in [9.17, 15) is 34.8 Å². The molecule has 0 saturated heterocycles. The molecule has 2 aromatic rings. The van der Waals surface area contributed by atoms with Gasteiger partial charge in [-0.3, -0.25) is 19.3 Å². The fourth-order valence-electron chi connectivity index (χ4n) is 6.62. The van der Waals surface area contributed by atoms with Gasteiger partial charge in [-0.2, -0.15) is 0 Å². The van der Waals surface area contributed by atoms with Gasteiger partial charge in [0.05, 0.1) is 24.3 Å². The highest BCUT2D eigenvalue weighted by Crippen LogP contribution is 2.52. The molecule has 3 aliphatic rings. The first kappa shape index (κ1) is 28.9. The fraction of sp³-hybridized carbons (Fsp3) is 0.344. The largest absolute Gasteiger partial charge is 0.510 e. The number of carbonyl (C=O) groups is 3. The smallest absolute Gasteiger partial charge is 0.255 e. The molecular weight excluding hydrogens is 540 g/mol. The molecule has 1 amide bonds. The van der Waals surface area contributed by atoms with Crippen LogP contribution in [0.1, 0.15) is 46.0 Å². The number of nitrogens with two attached hydrogens (primary N) is 1. The maximum absolute atomic E-state index is 14.0. The minimum absolute atomic E-state index is 0.0364. The van der Waals surface area contributed by atoms with Crippen LogP contribution < -0.4 is 10.5 Å². The van der Waals surface area contributed by atoms with Crippen molar-refractivity contribution >= 4 is 17.5 Å². The van der Waals surface area contributed by atoms with Gasteiger partial charge in [0.15, 0.2) is 11.4 Å². The second-order valence-electron chi connectivity index (χ2n) is 11.1. The van der Waals surface area contributed by atoms with Crippen LogP contribution in [0.5, 0.6) is 11.5 Å². The summed E-state index contributed by atoms with van der Waals surface area (Å²) >= 11 is 0. The molecule has 42 heavy (non-hydrogen) atoms. The zero-order chi connectivity index (χ0) is 30.7. The van der Waals surface area contributed by atoms with Gasteiger partial charge in [0, 0.05) is 17.1 Å². The van der Waals surface area contributed by atoms with Crippen molar-refractivity contribution in [3.05, 3.63) is 80.8 Å². The Morgan fingerprint density at radius 2 is 1.81 bits per heavy atom. The number of methoxy groups -OCH3 is 1. The third-order valence-electron chi connectivity index (χ3n) is 8.63. The monoisotopic (exact) mass is 572 g/mol. The van der Waals surface area contributed by atoms with Crippen LogP contribution in [0.15, 0.2) is 53.0 Å². The summed E-state index contributed by atoms with van der Waals surface area (Å²) in [6.07, 6.45) is 0.800. The van der Waals surface area contributed by atoms with Gasteiger partial charge in [0.1, 0.15) is 28.6 Å². The molecule has 4 atom stereocenters. The van der Waals surface area contributed by atoms with Gasteiger partial charge in [-0.05, 0) is 80.7 Å². The highest BCUT2D eigenvalue weighted by molar-refractivity contribution is 6.24. The summed E-state index contributed by atoms with van der Waals surface area (Å²) < 4.78 is 5.17. The van der Waals surface area contributed by atoms with Gasteiger partial charge >= 0.3 is 0 Å². The lowest BCUT2D eigenvalue weighted by Crippen LogP contribution is -2.63. The van der Waals surface area contributed by atoms with Crippen LogP contribution in [0.25, 0.3) is 0 Å². The SMILES string of the molecule is CCc1cc(C#Cc2ccc(OC)cc2)c(O)c2c1C[C@H]1C[C@H]3C(N(C)C)C(O)=C(C(N)=O)C(=O)[C@@]3(O)C(O)=C1C2=O. The predicted molar refractivity (Wildman–Crippen MR) is 152 cm³/mol. The highest BCUT2D eigenvalue weighted by atomic mass is 16.5. The maximum Gasteiger partial charge on any atom is 0.255 e. The van der Waals surface area contributed by atoms with Crippen molar-refractivity contribution in [3.63, 3.8) is 0 Å². The summed E-state index contributed by atoms with van der Waals surface area (Å²) in [4.78, 5) is 41.2. The molecule has 0 radical (unpaired) electrons. The van der Waals surface area contributed by atoms with Crippen LogP contribution in [0.4, 0.5) is 0 Å². The number of allylic oxidation sites excluding steroid dienone is 1. The quantitative estimate of drug-likeness (QED) is 0.272. The number of benzene rings is 2. The normalized spacial score (nSPS) is 25.0. The average molecular weight is 573 g/mol. The van der Waals surface area contributed by atoms with Crippen LogP contribution in [-0.2, 0) is 22.4 Å². The minimum atomic E-state index is -2.68. The molecule has 0 saturated carbocycles. The van der Waals surface area contributed by atoms with Gasteiger partial charge in [-0.15, -0.1) is 0 Å². The average Bonchev–Trinajstić information content (AvgIpc) is 2.94. The standard InChI is InChI=1S/C32H32N2O8/c1-5-16-12-17(9-6-15-7-10-19(42-4)11-8-15)26(35)23-20(16)13-18-14-21-25(34(2)3)28(37)24(31(33)40)30(39)32(21,41)29(38)22(18)27(23)36/h7-8,10-12,18,21,25,35,37-38,41H,5,13-14H2,1-4H3,(H2,33,40)/t18-,21-,25?,32-/m0/s1. The van der Waals surface area contributed by atoms with Gasteiger partial charge in [0.2, 0.25) is 5.78 Å². The van der Waals surface area contributed by atoms with E-state index in [1.807, 2.05) is 6.92 Å². The number of phenolic OH excluding ortho intramolecular Hbond substituents is 1. The number of carbonyl (C=O) groups excluding carboxylic acids is 3. The Bertz CT molecular complexity index is 1660. The summed E-state index contributed by atoms with van der Waals surface area (Å²) in [6, 6.07) is 7.72. The number of ketones is 2. The number of Topliss-reactive ketones (excluding diaryl/α,β-unsaturated/α-hetero) is 2. The number of aliphatic hydroxyl groups excluding tert-OH is 2. The molecule has 6 N–H and O–H groups in total. The number of phenols is 1. The molecule has 3 aliphatic carbocycles. The molecule has 0 spiro atoms. The molecule has 218 valence electrons. The van der Waals surface area contributed by atoms with Gasteiger partial charge in [-0.1, -0.05) is 18.8 Å². The Morgan fingerprint density at radius 3 is 2.38 bits per heavy atom. The summed E-state index contributed by atoms with van der Waals surface area (Å²) in [5.41, 5.74) is 3.88. The van der Waals surface area contributed by atoms with Crippen LogP contribution >= 0.6 is 0 Å². The van der Waals surface area contributed by atoms with E-state index in [-0.39, 0.29) is 35.3 Å². The molecule has 2 aromatic carbocycles. The lowest BCUT2D eigenvalue weighted by atomic mass is 9.58. The molecular formula is C32H32N2O8. The van der Waals surface area contributed by atoms with E-state index >= 15 is 0 Å². The Kier molecular flexibility index (Phi) is 7.13. The van der Waals surface area contributed by atoms with E-state index < -0.39 is 58.0 Å². The number of aliphatic hydroxyl groups is 3. The molecule has 10 nitrogen and oxygen atoms in total. The number of hydrogen-bond acceptors (Lipinski definition) is 9. The summed E-state index contributed by atoms with van der Waals surface area (Å²) in [6.45, 7) is 1.91. The van der Waals surface area contributed by atoms with Crippen LogP contribution in [0, 0.1) is 23.7 Å². The number of aromatic hydroxyl groups is 1. The number of rotatable bonds is 4. The van der Waals surface area contributed by atoms with Crippen LogP contribution in [-0.4, -0.2) is 75.6 Å². The van der Waals surface area contributed by atoms with Crippen molar-refractivity contribution in [3.8, 4) is 23.3 Å². The Morgan fingerprint density at radius 1 is 1.14 bits per heavy atom. The Hall–Kier alpha value is -4.59. The van der Waals surface area contributed by atoms with E-state index in [1.165, 1.54) is 4.90 Å². The molecule has 0 aromatic heterocycles. The molecule has 1 unspecified atom stereocenters. The zero-order valence-corrected chi connectivity index (χ0v) is 23.7. The lowest BCUT2D eigenvalue weighted by Gasteiger charge is -2.50. The van der Waals surface area contributed by atoms with E-state index in [0.717, 1.165) is 5.56 Å². The number of nitrogens with zero attached hydrogens (tertiary/aromatic N) is 1. The zero-order valence-electron chi connectivity index (χ0n) is 23.7. The minimum Gasteiger partial charge on any atom is -0.510 e. The van der Waals surface area contributed by atoms with Crippen molar-refractivity contribution in [2.75, 3.05) is 21.2 Å². The van der Waals surface area contributed by atoms with E-state index in [2.05, 4.69) is 11.8 Å². The lowest BCUT2D eigenvalue weighted by molar-refractivity contribution is -0.148. The fourth-order valence-corrected chi connectivity index (χ4v) is 6.62. The molecule has 5 rings (SSSR count). The van der Waals surface area contributed by atoms with Crippen molar-refractivity contribution in [1.29, 1.82) is 0 Å². The predicted octanol–water partition coefficient (Wildman–Crippen LogP) is 2.09. The van der Waals surface area contributed by atoms with Crippen molar-refractivity contribution in [2.45, 2.75) is 37.8 Å². The van der Waals surface area contributed by atoms with E-state index in [0.29, 0.717) is 23.3 Å². The third-order valence-corrected chi connectivity index (χ3v) is 8.63. The third kappa shape index (κ3) is 4.16. The Labute approximate surface area is 242 Å². The molecule has 0 fully saturated rings. The van der Waals surface area contributed by atoms with Gasteiger partial charge in [-0.25, -0.2) is 0 Å². The first-order valence-electron chi connectivity index (χ1n) is 13.5. The van der Waals surface area contributed by atoms with E-state index in [1.54, 1.807) is 51.5 Å². The van der Waals surface area contributed by atoms with Crippen molar-refractivity contribution in [2.24, 2.45) is 17.6 Å². The number of fused-ring (bicyclic) bond motifs is 3. The topological polar surface area (TPSA) is 171 Å². The van der Waals surface area contributed by atoms with E-state index in [4.69, 9.17) is 10.5 Å². The van der Waals surface area contributed by atoms with Gasteiger partial charge < -0.3 is 30.9 Å². The second-order valence-corrected chi connectivity index (χ2v) is 11.1. The first-order chi connectivity index (χ1) is 19.9. The van der Waals surface area contributed by atoms with Crippen molar-refractivity contribution < 1.29 is 39.5 Å². The molecule has 0 aliphatic heterocycles. The van der Waals surface area contributed by atoms with Gasteiger partial charge in [0.25, 0.3) is 5.91 Å².